The van der Waals surface area contributed by atoms with E-state index >= 15 is 0 Å². The van der Waals surface area contributed by atoms with Crippen LogP contribution in [0.3, 0.4) is 0 Å². The van der Waals surface area contributed by atoms with Crippen LogP contribution in [0, 0.1) is 0 Å². The topological polar surface area (TPSA) is 45.2 Å². The van der Waals surface area contributed by atoms with Crippen LogP contribution in [0.5, 0.6) is 0 Å². The first-order chi connectivity index (χ1) is 11.1. The fourth-order valence-electron chi connectivity index (χ4n) is 4.06. The maximum absolute atomic E-state index is 12.6. The van der Waals surface area contributed by atoms with Gasteiger partial charge in [0.2, 0.25) is 0 Å². The highest BCUT2D eigenvalue weighted by Gasteiger charge is 2.38. The lowest BCUT2D eigenvalue weighted by molar-refractivity contribution is 0.0882. The quantitative estimate of drug-likeness (QED) is 0.920. The molecule has 2 fully saturated rings. The summed E-state index contributed by atoms with van der Waals surface area (Å²) in [6.07, 6.45) is 6.12. The van der Waals surface area contributed by atoms with Crippen LogP contribution < -0.4 is 5.32 Å². The lowest BCUT2D eigenvalue weighted by Gasteiger charge is -2.36. The largest absolute Gasteiger partial charge is 0.349 e. The van der Waals surface area contributed by atoms with Gasteiger partial charge in [-0.3, -0.25) is 9.78 Å². The Kier molecular flexibility index (Phi) is 3.74. The Morgan fingerprint density at radius 3 is 2.70 bits per heavy atom. The summed E-state index contributed by atoms with van der Waals surface area (Å²) in [5, 5.41) is 4.49. The molecule has 1 aromatic heterocycles. The van der Waals surface area contributed by atoms with Crippen LogP contribution in [0.15, 0.2) is 30.5 Å². The summed E-state index contributed by atoms with van der Waals surface area (Å²) in [7, 11) is 2.20. The Labute approximate surface area is 140 Å². The summed E-state index contributed by atoms with van der Waals surface area (Å²) in [5.74, 6) is -0.109. The Morgan fingerprint density at radius 2 is 1.96 bits per heavy atom. The Balaban J connectivity index is 1.55. The average Bonchev–Trinajstić information content (AvgIpc) is 2.77. The van der Waals surface area contributed by atoms with Gasteiger partial charge in [-0.05, 0) is 38.8 Å². The first-order valence-corrected chi connectivity index (χ1v) is 8.57. The van der Waals surface area contributed by atoms with E-state index in [9.17, 15) is 4.79 Å². The minimum atomic E-state index is -0.109. The van der Waals surface area contributed by atoms with Gasteiger partial charge in [0.15, 0.2) is 0 Å². The van der Waals surface area contributed by atoms with Gasteiger partial charge in [-0.25, -0.2) is 0 Å². The number of amides is 1. The minimum absolute atomic E-state index is 0.109. The SMILES string of the molecule is CN1[C@@H]2CC[C@H]1CC(NC(=O)c1cnc3ccccc3c1Cl)C2. The summed E-state index contributed by atoms with van der Waals surface area (Å²) in [4.78, 5) is 19.5. The lowest BCUT2D eigenvalue weighted by Crippen LogP contribution is -2.48. The van der Waals surface area contributed by atoms with Crippen LogP contribution >= 0.6 is 11.6 Å². The van der Waals surface area contributed by atoms with Gasteiger partial charge in [0.05, 0.1) is 16.1 Å². The van der Waals surface area contributed by atoms with Crippen molar-refractivity contribution < 1.29 is 4.79 Å². The summed E-state index contributed by atoms with van der Waals surface area (Å²) in [5.41, 5.74) is 1.28. The van der Waals surface area contributed by atoms with Crippen molar-refractivity contribution in [1.82, 2.24) is 15.2 Å². The van der Waals surface area contributed by atoms with E-state index in [1.54, 1.807) is 6.20 Å². The van der Waals surface area contributed by atoms with Gasteiger partial charge in [0.25, 0.3) is 5.91 Å². The summed E-state index contributed by atoms with van der Waals surface area (Å²) in [6, 6.07) is 9.06. The van der Waals surface area contributed by atoms with Crippen molar-refractivity contribution in [1.29, 1.82) is 0 Å². The van der Waals surface area contributed by atoms with Gasteiger partial charge in [-0.1, -0.05) is 29.8 Å². The molecule has 23 heavy (non-hydrogen) atoms. The normalized spacial score (nSPS) is 27.3. The number of carbonyl (C=O) groups is 1. The molecule has 1 aromatic carbocycles. The molecule has 2 bridgehead atoms. The molecule has 3 heterocycles. The first-order valence-electron chi connectivity index (χ1n) is 8.19. The van der Waals surface area contributed by atoms with Gasteiger partial charge < -0.3 is 10.2 Å². The molecule has 1 amide bonds. The number of pyridine rings is 1. The molecule has 2 aromatic rings. The number of piperidine rings is 1. The number of nitrogens with zero attached hydrogens (tertiary/aromatic N) is 2. The molecule has 2 aliphatic rings. The van der Waals surface area contributed by atoms with Gasteiger partial charge >= 0.3 is 0 Å². The van der Waals surface area contributed by atoms with E-state index in [1.165, 1.54) is 12.8 Å². The monoisotopic (exact) mass is 329 g/mol. The number of halogens is 1. The third-order valence-electron chi connectivity index (χ3n) is 5.39. The van der Waals surface area contributed by atoms with Crippen molar-refractivity contribution >= 4 is 28.4 Å². The van der Waals surface area contributed by atoms with Gasteiger partial charge in [0, 0.05) is 29.7 Å². The molecule has 2 saturated heterocycles. The predicted octanol–water partition coefficient (Wildman–Crippen LogP) is 3.24. The van der Waals surface area contributed by atoms with E-state index < -0.39 is 0 Å². The van der Waals surface area contributed by atoms with Crippen molar-refractivity contribution in [2.24, 2.45) is 0 Å². The number of hydrogen-bond acceptors (Lipinski definition) is 3. The van der Waals surface area contributed by atoms with Crippen LogP contribution in [0.25, 0.3) is 10.9 Å². The smallest absolute Gasteiger partial charge is 0.254 e. The maximum atomic E-state index is 12.6. The second-order valence-electron chi connectivity index (χ2n) is 6.70. The number of benzene rings is 1. The number of para-hydroxylation sites is 1. The van der Waals surface area contributed by atoms with Crippen molar-refractivity contribution in [2.45, 2.75) is 43.8 Å². The molecule has 4 nitrogen and oxygen atoms in total. The fourth-order valence-corrected chi connectivity index (χ4v) is 4.35. The van der Waals surface area contributed by atoms with E-state index in [2.05, 4.69) is 22.2 Å². The third kappa shape index (κ3) is 2.60. The first kappa shape index (κ1) is 14.9. The molecular formula is C18H20ClN3O. The zero-order chi connectivity index (χ0) is 16.0. The molecule has 0 saturated carbocycles. The molecule has 1 N–H and O–H groups in total. The minimum Gasteiger partial charge on any atom is -0.349 e. The zero-order valence-electron chi connectivity index (χ0n) is 13.1. The Bertz CT molecular complexity index is 749. The highest BCUT2D eigenvalue weighted by atomic mass is 35.5. The lowest BCUT2D eigenvalue weighted by atomic mass is 9.97. The number of nitrogens with one attached hydrogen (secondary N) is 1. The van der Waals surface area contributed by atoms with E-state index in [0.29, 0.717) is 22.7 Å². The summed E-state index contributed by atoms with van der Waals surface area (Å²) in [6.45, 7) is 0. The molecule has 1 unspecified atom stereocenters. The highest BCUT2D eigenvalue weighted by Crippen LogP contribution is 2.34. The maximum Gasteiger partial charge on any atom is 0.254 e. The average molecular weight is 330 g/mol. The van der Waals surface area contributed by atoms with E-state index in [1.807, 2.05) is 24.3 Å². The number of aromatic nitrogens is 1. The third-order valence-corrected chi connectivity index (χ3v) is 5.80. The molecule has 2 aliphatic heterocycles. The second kappa shape index (κ2) is 5.77. The van der Waals surface area contributed by atoms with Crippen molar-refractivity contribution in [2.75, 3.05) is 7.05 Å². The summed E-state index contributed by atoms with van der Waals surface area (Å²) >= 11 is 6.44. The second-order valence-corrected chi connectivity index (χ2v) is 7.07. The number of rotatable bonds is 2. The van der Waals surface area contributed by atoms with Gasteiger partial charge in [-0.15, -0.1) is 0 Å². The predicted molar refractivity (Wildman–Crippen MR) is 91.8 cm³/mol. The van der Waals surface area contributed by atoms with Gasteiger partial charge in [0.1, 0.15) is 0 Å². The van der Waals surface area contributed by atoms with Crippen molar-refractivity contribution in [3.63, 3.8) is 0 Å². The van der Waals surface area contributed by atoms with Crippen LogP contribution in [0.4, 0.5) is 0 Å². The zero-order valence-corrected chi connectivity index (χ0v) is 13.9. The van der Waals surface area contributed by atoms with Crippen LogP contribution in [0.2, 0.25) is 5.02 Å². The van der Waals surface area contributed by atoms with Crippen molar-refractivity contribution in [3.8, 4) is 0 Å². The standard InChI is InChI=1S/C18H20ClN3O/c1-22-12-6-7-13(22)9-11(8-12)21-18(23)15-10-20-16-5-3-2-4-14(16)17(15)19/h2-5,10-13H,6-9H2,1H3,(H,21,23)/t11?,12-,13+. The van der Waals surface area contributed by atoms with Crippen molar-refractivity contribution in [3.05, 3.63) is 41.0 Å². The van der Waals surface area contributed by atoms with Crippen LogP contribution in [-0.2, 0) is 0 Å². The van der Waals surface area contributed by atoms with E-state index in [-0.39, 0.29) is 11.9 Å². The highest BCUT2D eigenvalue weighted by molar-refractivity contribution is 6.38. The molecule has 0 aliphatic carbocycles. The Morgan fingerprint density at radius 1 is 1.26 bits per heavy atom. The van der Waals surface area contributed by atoms with E-state index in [4.69, 9.17) is 11.6 Å². The Hall–Kier alpha value is -1.65. The molecule has 4 rings (SSSR count). The molecule has 0 radical (unpaired) electrons. The number of fused-ring (bicyclic) bond motifs is 3. The molecular weight excluding hydrogens is 310 g/mol. The number of hydrogen-bond donors (Lipinski definition) is 1. The number of carbonyl (C=O) groups excluding carboxylic acids is 1. The molecule has 0 spiro atoms. The summed E-state index contributed by atoms with van der Waals surface area (Å²) < 4.78 is 0. The molecule has 5 heteroatoms. The molecule has 120 valence electrons. The van der Waals surface area contributed by atoms with Gasteiger partial charge in [-0.2, -0.15) is 0 Å². The fraction of sp³-hybridized carbons (Fsp3) is 0.444. The van der Waals surface area contributed by atoms with Crippen LogP contribution in [0.1, 0.15) is 36.0 Å². The van der Waals surface area contributed by atoms with E-state index in [0.717, 1.165) is 23.7 Å². The molecule has 3 atom stereocenters. The van der Waals surface area contributed by atoms with Crippen LogP contribution in [-0.4, -0.2) is 41.0 Å².